The van der Waals surface area contributed by atoms with Crippen molar-refractivity contribution in [2.75, 3.05) is 0 Å². The lowest BCUT2D eigenvalue weighted by Gasteiger charge is -2.11. The Morgan fingerprint density at radius 2 is 1.86 bits per heavy atom. The van der Waals surface area contributed by atoms with Gasteiger partial charge in [-0.3, -0.25) is 15.6 Å². The molecule has 3 rings (SSSR count). The molecule has 3 aromatic rings. The number of amides is 1. The quantitative estimate of drug-likeness (QED) is 0.310. The Balaban J connectivity index is 1.28. The Kier molecular flexibility index (Phi) is 7.27. The number of carbonyl (C=O) groups is 1. The number of benzene rings is 2. The number of thiocarbonyl (C=S) groups is 1. The van der Waals surface area contributed by atoms with Crippen molar-refractivity contribution < 1.29 is 9.18 Å². The third-order valence-electron chi connectivity index (χ3n) is 4.06. The van der Waals surface area contributed by atoms with Gasteiger partial charge in [0.1, 0.15) is 5.82 Å². The Morgan fingerprint density at radius 1 is 1.07 bits per heavy atom. The summed E-state index contributed by atoms with van der Waals surface area (Å²) in [7, 11) is 0. The molecule has 2 aromatic carbocycles. The second-order valence-corrected chi connectivity index (χ2v) is 7.79. The van der Waals surface area contributed by atoms with Gasteiger partial charge in [-0.25, -0.2) is 9.37 Å². The molecular weight excluding hydrogens is 395 g/mol. The van der Waals surface area contributed by atoms with Gasteiger partial charge in [-0.1, -0.05) is 24.3 Å². The molecule has 0 atom stereocenters. The van der Waals surface area contributed by atoms with Gasteiger partial charge >= 0.3 is 0 Å². The van der Waals surface area contributed by atoms with E-state index in [1.807, 2.05) is 18.2 Å². The van der Waals surface area contributed by atoms with Crippen LogP contribution >= 0.6 is 23.6 Å². The summed E-state index contributed by atoms with van der Waals surface area (Å²) in [5.74, 6) is -0.393. The molecule has 1 amide bonds. The summed E-state index contributed by atoms with van der Waals surface area (Å²) in [4.78, 5) is 16.5. The van der Waals surface area contributed by atoms with E-state index in [1.54, 1.807) is 23.5 Å². The van der Waals surface area contributed by atoms with Crippen LogP contribution in [0.25, 0.3) is 10.2 Å². The van der Waals surface area contributed by atoms with Crippen LogP contribution in [-0.4, -0.2) is 16.0 Å². The number of halogens is 1. The lowest BCUT2D eigenvalue weighted by molar-refractivity contribution is -0.121. The van der Waals surface area contributed by atoms with E-state index in [9.17, 15) is 9.18 Å². The maximum absolute atomic E-state index is 12.9. The molecule has 0 aliphatic carbocycles. The van der Waals surface area contributed by atoms with Crippen molar-refractivity contribution >= 4 is 44.8 Å². The molecule has 0 fully saturated rings. The summed E-state index contributed by atoms with van der Waals surface area (Å²) in [6.07, 6.45) is 2.97. The minimum atomic E-state index is -0.278. The van der Waals surface area contributed by atoms with Crippen LogP contribution in [0.1, 0.15) is 29.8 Å². The molecule has 0 saturated heterocycles. The fourth-order valence-corrected chi connectivity index (χ4v) is 3.74. The largest absolute Gasteiger partial charge is 0.357 e. The van der Waals surface area contributed by atoms with Crippen LogP contribution in [0.4, 0.5) is 4.39 Å². The van der Waals surface area contributed by atoms with Crippen LogP contribution in [0.3, 0.4) is 0 Å². The van der Waals surface area contributed by atoms with Gasteiger partial charge in [0.15, 0.2) is 5.11 Å². The number of nitrogens with zero attached hydrogens (tertiary/aromatic N) is 1. The summed E-state index contributed by atoms with van der Waals surface area (Å²) >= 11 is 6.81. The molecule has 146 valence electrons. The summed E-state index contributed by atoms with van der Waals surface area (Å²) in [6, 6.07) is 14.2. The van der Waals surface area contributed by atoms with Gasteiger partial charge in [-0.05, 0) is 61.3 Å². The Hall–Kier alpha value is -2.58. The third-order valence-corrected chi connectivity index (χ3v) is 5.41. The van der Waals surface area contributed by atoms with Crippen LogP contribution < -0.4 is 16.2 Å². The maximum atomic E-state index is 12.9. The van der Waals surface area contributed by atoms with Crippen molar-refractivity contribution in [1.29, 1.82) is 0 Å². The molecule has 0 aliphatic rings. The third kappa shape index (κ3) is 6.24. The number of thiazole rings is 1. The van der Waals surface area contributed by atoms with E-state index in [-0.39, 0.29) is 11.7 Å². The molecule has 0 unspecified atom stereocenters. The van der Waals surface area contributed by atoms with Crippen molar-refractivity contribution in [2.24, 2.45) is 0 Å². The van der Waals surface area contributed by atoms with Gasteiger partial charge in [0.2, 0.25) is 5.91 Å². The molecule has 0 radical (unpaired) electrons. The average Bonchev–Trinajstić information content (AvgIpc) is 3.12. The zero-order valence-corrected chi connectivity index (χ0v) is 16.8. The molecule has 3 N–H and O–H groups in total. The van der Waals surface area contributed by atoms with Crippen molar-refractivity contribution in [3.8, 4) is 0 Å². The van der Waals surface area contributed by atoms with Crippen molar-refractivity contribution in [3.05, 3.63) is 64.9 Å². The number of unbranched alkanes of at least 4 members (excludes halogenated alkanes) is 1. The Morgan fingerprint density at radius 3 is 2.64 bits per heavy atom. The monoisotopic (exact) mass is 416 g/mol. The highest BCUT2D eigenvalue weighted by molar-refractivity contribution is 7.80. The van der Waals surface area contributed by atoms with E-state index in [1.165, 1.54) is 16.8 Å². The minimum Gasteiger partial charge on any atom is -0.357 e. The summed E-state index contributed by atoms with van der Waals surface area (Å²) in [5, 5.41) is 4.37. The fraction of sp³-hybridized carbons (Fsp3) is 0.250. The molecule has 1 heterocycles. The first kappa shape index (κ1) is 20.2. The average molecular weight is 417 g/mol. The first-order chi connectivity index (χ1) is 13.6. The van der Waals surface area contributed by atoms with Crippen molar-refractivity contribution in [3.63, 3.8) is 0 Å². The SMILES string of the molecule is O=C(CCCCc1nc2ccccc2s1)NNC(=S)NCc1ccc(F)cc1. The molecular formula is C20H21FN4OS2. The van der Waals surface area contributed by atoms with Crippen molar-refractivity contribution in [1.82, 2.24) is 21.2 Å². The minimum absolute atomic E-state index is 0.116. The van der Waals surface area contributed by atoms with Crippen LogP contribution in [-0.2, 0) is 17.8 Å². The van der Waals surface area contributed by atoms with Crippen LogP contribution in [0.5, 0.6) is 0 Å². The molecule has 0 spiro atoms. The maximum Gasteiger partial charge on any atom is 0.238 e. The van der Waals surface area contributed by atoms with Gasteiger partial charge < -0.3 is 5.32 Å². The molecule has 1 aromatic heterocycles. The van der Waals surface area contributed by atoms with Crippen LogP contribution in [0.15, 0.2) is 48.5 Å². The first-order valence-electron chi connectivity index (χ1n) is 9.02. The second-order valence-electron chi connectivity index (χ2n) is 6.26. The zero-order chi connectivity index (χ0) is 19.8. The van der Waals surface area contributed by atoms with E-state index in [0.29, 0.717) is 18.1 Å². The van der Waals surface area contributed by atoms with E-state index in [2.05, 4.69) is 27.2 Å². The molecule has 28 heavy (non-hydrogen) atoms. The van der Waals surface area contributed by atoms with E-state index >= 15 is 0 Å². The molecule has 0 aliphatic heterocycles. The number of rotatable bonds is 7. The predicted octanol–water partition coefficient (Wildman–Crippen LogP) is 3.84. The standard InChI is InChI=1S/C20H21FN4OS2/c21-15-11-9-14(10-12-15)13-22-20(27)25-24-18(26)7-3-4-8-19-23-16-5-1-2-6-17(16)28-19/h1-2,5-6,9-12H,3-4,7-8,13H2,(H,24,26)(H2,22,25,27). The lowest BCUT2D eigenvalue weighted by atomic mass is 10.2. The van der Waals surface area contributed by atoms with Crippen molar-refractivity contribution in [2.45, 2.75) is 32.2 Å². The van der Waals surface area contributed by atoms with Gasteiger partial charge in [0, 0.05) is 13.0 Å². The van der Waals surface area contributed by atoms with Gasteiger partial charge in [-0.15, -0.1) is 11.3 Å². The summed E-state index contributed by atoms with van der Waals surface area (Å²) in [5.41, 5.74) is 7.19. The number of para-hydroxylation sites is 1. The summed E-state index contributed by atoms with van der Waals surface area (Å²) in [6.45, 7) is 0.449. The predicted molar refractivity (Wildman–Crippen MR) is 114 cm³/mol. The van der Waals surface area contributed by atoms with Crippen LogP contribution in [0, 0.1) is 5.82 Å². The van der Waals surface area contributed by atoms with E-state index in [4.69, 9.17) is 12.2 Å². The number of aryl methyl sites for hydroxylation is 1. The Labute approximate surface area is 172 Å². The Bertz CT molecular complexity index is 910. The van der Waals surface area contributed by atoms with E-state index < -0.39 is 0 Å². The topological polar surface area (TPSA) is 66.0 Å². The fourth-order valence-electron chi connectivity index (χ4n) is 2.61. The normalized spacial score (nSPS) is 10.6. The highest BCUT2D eigenvalue weighted by Gasteiger charge is 2.05. The number of hydrogen-bond donors (Lipinski definition) is 3. The lowest BCUT2D eigenvalue weighted by Crippen LogP contribution is -2.46. The van der Waals surface area contributed by atoms with E-state index in [0.717, 1.165) is 35.4 Å². The smallest absolute Gasteiger partial charge is 0.238 e. The molecule has 0 saturated carbocycles. The molecule has 5 nitrogen and oxygen atoms in total. The number of carbonyl (C=O) groups excluding carboxylic acids is 1. The number of aromatic nitrogens is 1. The van der Waals surface area contributed by atoms with Gasteiger partial charge in [-0.2, -0.15) is 0 Å². The highest BCUT2D eigenvalue weighted by atomic mass is 32.1. The summed E-state index contributed by atoms with van der Waals surface area (Å²) < 4.78 is 14.1. The zero-order valence-electron chi connectivity index (χ0n) is 15.2. The highest BCUT2D eigenvalue weighted by Crippen LogP contribution is 2.22. The molecule has 8 heteroatoms. The number of fused-ring (bicyclic) bond motifs is 1. The van der Waals surface area contributed by atoms with Crippen LogP contribution in [0.2, 0.25) is 0 Å². The number of nitrogens with one attached hydrogen (secondary N) is 3. The molecule has 0 bridgehead atoms. The first-order valence-corrected chi connectivity index (χ1v) is 10.2. The number of hydrogen-bond acceptors (Lipinski definition) is 4. The second kappa shape index (κ2) is 10.1. The number of hydrazine groups is 1. The van der Waals surface area contributed by atoms with Gasteiger partial charge in [0.25, 0.3) is 0 Å². The van der Waals surface area contributed by atoms with Gasteiger partial charge in [0.05, 0.1) is 15.2 Å².